The van der Waals surface area contributed by atoms with E-state index in [4.69, 9.17) is 0 Å². The van der Waals surface area contributed by atoms with Crippen molar-refractivity contribution in [2.24, 2.45) is 5.92 Å². The highest BCUT2D eigenvalue weighted by Crippen LogP contribution is 2.28. The molecule has 0 spiro atoms. The molecule has 1 N–H and O–H groups in total. The number of hydrogen-bond acceptors (Lipinski definition) is 1. The maximum Gasteiger partial charge on any atom is 0.404 e. The van der Waals surface area contributed by atoms with Gasteiger partial charge in [-0.25, -0.2) is 0 Å². The number of alkyl halides is 3. The molecule has 0 aliphatic heterocycles. The summed E-state index contributed by atoms with van der Waals surface area (Å²) in [7, 11) is 1.36. The van der Waals surface area contributed by atoms with Gasteiger partial charge in [0.25, 0.3) is 0 Å². The smallest absolute Gasteiger partial charge is 0.309 e. The van der Waals surface area contributed by atoms with Crippen molar-refractivity contribution < 1.29 is 13.2 Å². The van der Waals surface area contributed by atoms with Crippen molar-refractivity contribution in [1.82, 2.24) is 5.32 Å². The van der Waals surface area contributed by atoms with E-state index in [-0.39, 0.29) is 5.92 Å². The molecular weight excluding hydrogens is 167 g/mol. The van der Waals surface area contributed by atoms with E-state index in [1.807, 2.05) is 0 Å². The van der Waals surface area contributed by atoms with Crippen molar-refractivity contribution in [3.8, 4) is 0 Å². The van der Waals surface area contributed by atoms with Crippen molar-refractivity contribution in [2.75, 3.05) is 7.05 Å². The Hall–Kier alpha value is -0.250. The Labute approximate surface area is 71.3 Å². The average molecular weight is 183 g/mol. The molecule has 0 saturated carbocycles. The first-order valence-electron chi connectivity index (χ1n) is 4.21. The molecule has 0 saturated heterocycles. The standard InChI is InChI=1S/C8H16F3N/c1-4-6(5-2)7(12-3)8(9,10)11/h6-7,12H,4-5H2,1-3H3. The maximum atomic E-state index is 12.3. The first-order valence-corrected chi connectivity index (χ1v) is 4.21. The third-order valence-corrected chi connectivity index (χ3v) is 2.18. The largest absolute Gasteiger partial charge is 0.404 e. The summed E-state index contributed by atoms with van der Waals surface area (Å²) in [6.45, 7) is 3.56. The van der Waals surface area contributed by atoms with E-state index < -0.39 is 12.2 Å². The summed E-state index contributed by atoms with van der Waals surface area (Å²) in [5, 5.41) is 2.32. The second-order valence-corrected chi connectivity index (χ2v) is 2.88. The molecule has 1 atom stereocenters. The van der Waals surface area contributed by atoms with Crippen molar-refractivity contribution in [3.63, 3.8) is 0 Å². The van der Waals surface area contributed by atoms with Crippen molar-refractivity contribution in [2.45, 2.75) is 38.9 Å². The Kier molecular flexibility index (Phi) is 4.60. The lowest BCUT2D eigenvalue weighted by molar-refractivity contribution is -0.167. The average Bonchev–Trinajstić information content (AvgIpc) is 1.97. The second kappa shape index (κ2) is 4.70. The lowest BCUT2D eigenvalue weighted by Crippen LogP contribution is -2.45. The zero-order valence-corrected chi connectivity index (χ0v) is 7.70. The lowest BCUT2D eigenvalue weighted by atomic mass is 9.94. The molecule has 0 aliphatic carbocycles. The number of nitrogens with one attached hydrogen (secondary N) is 1. The number of hydrogen-bond donors (Lipinski definition) is 1. The van der Waals surface area contributed by atoms with E-state index in [1.165, 1.54) is 7.05 Å². The van der Waals surface area contributed by atoms with Crippen LogP contribution in [0.25, 0.3) is 0 Å². The Morgan fingerprint density at radius 3 is 1.67 bits per heavy atom. The molecule has 0 aromatic rings. The highest BCUT2D eigenvalue weighted by molar-refractivity contribution is 4.79. The van der Waals surface area contributed by atoms with Gasteiger partial charge in [-0.15, -0.1) is 0 Å². The van der Waals surface area contributed by atoms with Crippen LogP contribution in [0.2, 0.25) is 0 Å². The van der Waals surface area contributed by atoms with Crippen LogP contribution in [0.15, 0.2) is 0 Å². The van der Waals surface area contributed by atoms with Crippen molar-refractivity contribution in [3.05, 3.63) is 0 Å². The first-order chi connectivity index (χ1) is 5.47. The van der Waals surface area contributed by atoms with E-state index in [2.05, 4.69) is 5.32 Å². The van der Waals surface area contributed by atoms with Crippen molar-refractivity contribution >= 4 is 0 Å². The van der Waals surface area contributed by atoms with Crippen LogP contribution < -0.4 is 5.32 Å². The minimum Gasteiger partial charge on any atom is -0.309 e. The zero-order chi connectivity index (χ0) is 9.78. The van der Waals surface area contributed by atoms with Gasteiger partial charge < -0.3 is 5.32 Å². The molecule has 0 rings (SSSR count). The Morgan fingerprint density at radius 1 is 1.17 bits per heavy atom. The molecule has 12 heavy (non-hydrogen) atoms. The second-order valence-electron chi connectivity index (χ2n) is 2.88. The molecular formula is C8H16F3N. The van der Waals surface area contributed by atoms with Gasteiger partial charge in [0.15, 0.2) is 0 Å². The van der Waals surface area contributed by atoms with Crippen LogP contribution in [0.4, 0.5) is 13.2 Å². The van der Waals surface area contributed by atoms with E-state index in [1.54, 1.807) is 13.8 Å². The third-order valence-electron chi connectivity index (χ3n) is 2.18. The summed E-state index contributed by atoms with van der Waals surface area (Å²) in [5.41, 5.74) is 0. The summed E-state index contributed by atoms with van der Waals surface area (Å²) in [5.74, 6) is -0.310. The van der Waals surface area contributed by atoms with E-state index in [0.29, 0.717) is 12.8 Å². The van der Waals surface area contributed by atoms with Gasteiger partial charge in [-0.05, 0) is 13.0 Å². The Balaban J connectivity index is 4.31. The molecule has 0 radical (unpaired) electrons. The summed E-state index contributed by atoms with van der Waals surface area (Å²) in [6.07, 6.45) is -3.01. The van der Waals surface area contributed by atoms with Crippen molar-refractivity contribution in [1.29, 1.82) is 0 Å². The Morgan fingerprint density at radius 2 is 1.58 bits per heavy atom. The van der Waals surface area contributed by atoms with E-state index in [9.17, 15) is 13.2 Å². The highest BCUT2D eigenvalue weighted by atomic mass is 19.4. The quantitative estimate of drug-likeness (QED) is 0.706. The molecule has 0 heterocycles. The summed E-state index contributed by atoms with van der Waals surface area (Å²) in [6, 6.07) is -1.35. The normalized spacial score (nSPS) is 15.2. The van der Waals surface area contributed by atoms with Crippen LogP contribution >= 0.6 is 0 Å². The summed E-state index contributed by atoms with van der Waals surface area (Å²) in [4.78, 5) is 0. The van der Waals surface area contributed by atoms with E-state index in [0.717, 1.165) is 0 Å². The summed E-state index contributed by atoms with van der Waals surface area (Å²) < 4.78 is 36.8. The van der Waals surface area contributed by atoms with Crippen LogP contribution in [0.1, 0.15) is 26.7 Å². The molecule has 0 amide bonds. The predicted octanol–water partition coefficient (Wildman–Crippen LogP) is 2.57. The fraction of sp³-hybridized carbons (Fsp3) is 1.00. The number of halogens is 3. The van der Waals surface area contributed by atoms with Crippen LogP contribution in [0.5, 0.6) is 0 Å². The lowest BCUT2D eigenvalue weighted by Gasteiger charge is -2.26. The van der Waals surface area contributed by atoms with Gasteiger partial charge in [0.1, 0.15) is 6.04 Å². The summed E-state index contributed by atoms with van der Waals surface area (Å²) >= 11 is 0. The molecule has 0 aliphatic rings. The maximum absolute atomic E-state index is 12.3. The fourth-order valence-corrected chi connectivity index (χ4v) is 1.43. The first kappa shape index (κ1) is 11.8. The molecule has 4 heteroatoms. The van der Waals surface area contributed by atoms with Gasteiger partial charge in [-0.1, -0.05) is 26.7 Å². The Bertz CT molecular complexity index is 118. The molecule has 1 nitrogen and oxygen atoms in total. The topological polar surface area (TPSA) is 12.0 Å². The minimum atomic E-state index is -4.12. The molecule has 0 fully saturated rings. The van der Waals surface area contributed by atoms with Gasteiger partial charge in [0.2, 0.25) is 0 Å². The van der Waals surface area contributed by atoms with Crippen LogP contribution in [0.3, 0.4) is 0 Å². The third kappa shape index (κ3) is 3.01. The number of rotatable bonds is 4. The van der Waals surface area contributed by atoms with Gasteiger partial charge >= 0.3 is 6.18 Å². The monoisotopic (exact) mass is 183 g/mol. The highest BCUT2D eigenvalue weighted by Gasteiger charge is 2.42. The SMILES string of the molecule is CCC(CC)C(NC)C(F)(F)F. The van der Waals surface area contributed by atoms with Crippen LogP contribution in [-0.4, -0.2) is 19.3 Å². The van der Waals surface area contributed by atoms with Gasteiger partial charge in [-0.2, -0.15) is 13.2 Å². The predicted molar refractivity (Wildman–Crippen MR) is 43.0 cm³/mol. The molecule has 0 aromatic heterocycles. The van der Waals surface area contributed by atoms with Crippen LogP contribution in [-0.2, 0) is 0 Å². The van der Waals surface area contributed by atoms with E-state index >= 15 is 0 Å². The minimum absolute atomic E-state index is 0.310. The van der Waals surface area contributed by atoms with Gasteiger partial charge in [0.05, 0.1) is 0 Å². The van der Waals surface area contributed by atoms with Gasteiger partial charge in [-0.3, -0.25) is 0 Å². The fourth-order valence-electron chi connectivity index (χ4n) is 1.43. The molecule has 1 unspecified atom stereocenters. The zero-order valence-electron chi connectivity index (χ0n) is 7.70. The molecule has 0 bridgehead atoms. The molecule has 74 valence electrons. The molecule has 0 aromatic carbocycles. The van der Waals surface area contributed by atoms with Crippen LogP contribution in [0, 0.1) is 5.92 Å². The van der Waals surface area contributed by atoms with Gasteiger partial charge in [0, 0.05) is 0 Å².